The summed E-state index contributed by atoms with van der Waals surface area (Å²) in [6.45, 7) is 0. The summed E-state index contributed by atoms with van der Waals surface area (Å²) < 4.78 is 0. The Bertz CT molecular complexity index is 217. The van der Waals surface area contributed by atoms with E-state index in [2.05, 4.69) is 5.32 Å². The lowest BCUT2D eigenvalue weighted by Crippen LogP contribution is -2.37. The first-order chi connectivity index (χ1) is 6.75. The minimum absolute atomic E-state index is 0. The number of rotatable bonds is 2. The molecule has 2 aliphatic rings. The second-order valence-corrected chi connectivity index (χ2v) is 4.76. The van der Waals surface area contributed by atoms with Crippen LogP contribution in [0, 0.1) is 5.92 Å². The van der Waals surface area contributed by atoms with Gasteiger partial charge in [-0.2, -0.15) is 0 Å². The minimum Gasteiger partial charge on any atom is -0.353 e. The number of halogens is 1. The zero-order valence-corrected chi connectivity index (χ0v) is 9.89. The lowest BCUT2D eigenvalue weighted by molar-refractivity contribution is -0.125. The highest BCUT2D eigenvalue weighted by atomic mass is 35.5. The van der Waals surface area contributed by atoms with Gasteiger partial charge in [-0.15, -0.1) is 12.4 Å². The van der Waals surface area contributed by atoms with Crippen molar-refractivity contribution in [3.05, 3.63) is 0 Å². The van der Waals surface area contributed by atoms with E-state index in [-0.39, 0.29) is 30.3 Å². The van der Waals surface area contributed by atoms with Crippen LogP contribution in [0.25, 0.3) is 0 Å². The largest absolute Gasteiger partial charge is 0.353 e. The zero-order valence-electron chi connectivity index (χ0n) is 9.08. The summed E-state index contributed by atoms with van der Waals surface area (Å²) in [6, 6.07) is 0.716. The molecule has 0 radical (unpaired) electrons. The van der Waals surface area contributed by atoms with E-state index in [1.165, 1.54) is 25.7 Å². The quantitative estimate of drug-likeness (QED) is 0.760. The Hall–Kier alpha value is -0.280. The maximum absolute atomic E-state index is 11.8. The highest BCUT2D eigenvalue weighted by Crippen LogP contribution is 2.25. The van der Waals surface area contributed by atoms with E-state index < -0.39 is 0 Å². The minimum atomic E-state index is 0. The van der Waals surface area contributed by atoms with Crippen LogP contribution in [0.15, 0.2) is 0 Å². The number of amides is 1. The van der Waals surface area contributed by atoms with Crippen molar-refractivity contribution in [2.45, 2.75) is 57.0 Å². The first-order valence-electron chi connectivity index (χ1n) is 5.81. The van der Waals surface area contributed by atoms with Crippen molar-refractivity contribution in [3.8, 4) is 0 Å². The summed E-state index contributed by atoms with van der Waals surface area (Å²) in [5.74, 6) is 0.454. The van der Waals surface area contributed by atoms with Gasteiger partial charge >= 0.3 is 0 Å². The number of hydrogen-bond acceptors (Lipinski definition) is 2. The monoisotopic (exact) mass is 232 g/mol. The van der Waals surface area contributed by atoms with Crippen LogP contribution in [-0.4, -0.2) is 18.0 Å². The van der Waals surface area contributed by atoms with Gasteiger partial charge in [-0.1, -0.05) is 12.8 Å². The van der Waals surface area contributed by atoms with E-state index in [4.69, 9.17) is 5.73 Å². The molecule has 0 unspecified atom stereocenters. The molecule has 2 aliphatic carbocycles. The molecule has 4 heteroatoms. The smallest absolute Gasteiger partial charge is 0.223 e. The molecule has 0 heterocycles. The SMILES string of the molecule is Cl.N[C@H]1CC[C@@H](C(=O)NC2CCCC2)C1. The predicted molar refractivity (Wildman–Crippen MR) is 63.0 cm³/mol. The third-order valence-electron chi connectivity index (χ3n) is 3.55. The van der Waals surface area contributed by atoms with Gasteiger partial charge in [-0.05, 0) is 32.1 Å². The van der Waals surface area contributed by atoms with Crippen molar-refractivity contribution < 1.29 is 4.79 Å². The Morgan fingerprint density at radius 2 is 1.80 bits per heavy atom. The van der Waals surface area contributed by atoms with E-state index in [9.17, 15) is 4.79 Å². The van der Waals surface area contributed by atoms with Crippen LogP contribution in [-0.2, 0) is 4.79 Å². The molecule has 2 fully saturated rings. The number of carbonyl (C=O) groups is 1. The molecule has 3 N–H and O–H groups in total. The van der Waals surface area contributed by atoms with Crippen LogP contribution in [0.2, 0.25) is 0 Å². The summed E-state index contributed by atoms with van der Waals surface area (Å²) in [7, 11) is 0. The average molecular weight is 233 g/mol. The standard InChI is InChI=1S/C11H20N2O.ClH/c12-9-6-5-8(7-9)11(14)13-10-3-1-2-4-10;/h8-10H,1-7,12H2,(H,13,14);1H/t8-,9+;/m1./s1. The van der Waals surface area contributed by atoms with E-state index >= 15 is 0 Å². The average Bonchev–Trinajstić information content (AvgIpc) is 2.75. The van der Waals surface area contributed by atoms with Gasteiger partial charge in [-0.25, -0.2) is 0 Å². The van der Waals surface area contributed by atoms with E-state index in [0.29, 0.717) is 6.04 Å². The zero-order chi connectivity index (χ0) is 9.97. The number of nitrogens with one attached hydrogen (secondary N) is 1. The van der Waals surface area contributed by atoms with E-state index in [1.54, 1.807) is 0 Å². The topological polar surface area (TPSA) is 55.1 Å². The Morgan fingerprint density at radius 3 is 2.33 bits per heavy atom. The molecule has 0 aromatic rings. The highest BCUT2D eigenvalue weighted by molar-refractivity contribution is 5.85. The van der Waals surface area contributed by atoms with Gasteiger partial charge in [0, 0.05) is 18.0 Å². The third-order valence-corrected chi connectivity index (χ3v) is 3.55. The molecule has 15 heavy (non-hydrogen) atoms. The molecule has 0 aromatic heterocycles. The first-order valence-corrected chi connectivity index (χ1v) is 5.81. The van der Waals surface area contributed by atoms with E-state index in [1.807, 2.05) is 0 Å². The Kier molecular flexibility index (Phi) is 4.87. The Labute approximate surface area is 97.6 Å². The molecule has 0 spiro atoms. The molecular weight excluding hydrogens is 212 g/mol. The van der Waals surface area contributed by atoms with Crippen LogP contribution >= 0.6 is 12.4 Å². The molecule has 2 saturated carbocycles. The van der Waals surface area contributed by atoms with Gasteiger partial charge in [0.2, 0.25) is 5.91 Å². The van der Waals surface area contributed by atoms with Crippen LogP contribution in [0.4, 0.5) is 0 Å². The first kappa shape index (κ1) is 12.8. The summed E-state index contributed by atoms with van der Waals surface area (Å²) in [4.78, 5) is 11.8. The van der Waals surface area contributed by atoms with Crippen molar-refractivity contribution in [2.75, 3.05) is 0 Å². The van der Waals surface area contributed by atoms with Crippen molar-refractivity contribution in [2.24, 2.45) is 11.7 Å². The number of carbonyl (C=O) groups excluding carboxylic acids is 1. The number of nitrogens with two attached hydrogens (primary N) is 1. The van der Waals surface area contributed by atoms with Gasteiger partial charge < -0.3 is 11.1 Å². The third kappa shape index (κ3) is 3.35. The molecule has 0 aliphatic heterocycles. The lowest BCUT2D eigenvalue weighted by atomic mass is 10.1. The molecule has 0 aromatic carbocycles. The maximum Gasteiger partial charge on any atom is 0.223 e. The lowest BCUT2D eigenvalue weighted by Gasteiger charge is -2.15. The fourth-order valence-electron chi connectivity index (χ4n) is 2.64. The maximum atomic E-state index is 11.8. The van der Waals surface area contributed by atoms with Gasteiger partial charge in [0.15, 0.2) is 0 Å². The second-order valence-electron chi connectivity index (χ2n) is 4.76. The van der Waals surface area contributed by atoms with Crippen molar-refractivity contribution >= 4 is 18.3 Å². The molecule has 0 bridgehead atoms. The summed E-state index contributed by atoms with van der Waals surface area (Å²) >= 11 is 0. The molecule has 1 amide bonds. The molecule has 2 rings (SSSR count). The van der Waals surface area contributed by atoms with Crippen LogP contribution in [0.5, 0.6) is 0 Å². The second kappa shape index (κ2) is 5.71. The summed E-state index contributed by atoms with van der Waals surface area (Å²) in [5, 5.41) is 3.15. The predicted octanol–water partition coefficient (Wildman–Crippen LogP) is 1.59. The molecule has 0 saturated heterocycles. The molecule has 88 valence electrons. The van der Waals surface area contributed by atoms with Gasteiger partial charge in [0.05, 0.1) is 0 Å². The van der Waals surface area contributed by atoms with Crippen molar-refractivity contribution in [1.82, 2.24) is 5.32 Å². The summed E-state index contributed by atoms with van der Waals surface area (Å²) in [6.07, 6.45) is 7.78. The van der Waals surface area contributed by atoms with Crippen molar-refractivity contribution in [3.63, 3.8) is 0 Å². The van der Waals surface area contributed by atoms with Gasteiger partial charge in [-0.3, -0.25) is 4.79 Å². The highest BCUT2D eigenvalue weighted by Gasteiger charge is 2.29. The summed E-state index contributed by atoms with van der Waals surface area (Å²) in [5.41, 5.74) is 5.79. The normalized spacial score (nSPS) is 31.3. The molecular formula is C11H21ClN2O. The Morgan fingerprint density at radius 1 is 1.13 bits per heavy atom. The van der Waals surface area contributed by atoms with Crippen LogP contribution in [0.1, 0.15) is 44.9 Å². The fourth-order valence-corrected chi connectivity index (χ4v) is 2.64. The van der Waals surface area contributed by atoms with Crippen LogP contribution in [0.3, 0.4) is 0 Å². The Balaban J connectivity index is 0.00000112. The number of hydrogen-bond donors (Lipinski definition) is 2. The van der Waals surface area contributed by atoms with Gasteiger partial charge in [0.25, 0.3) is 0 Å². The van der Waals surface area contributed by atoms with E-state index in [0.717, 1.165) is 19.3 Å². The van der Waals surface area contributed by atoms with Gasteiger partial charge in [0.1, 0.15) is 0 Å². The fraction of sp³-hybridized carbons (Fsp3) is 0.909. The molecule has 3 nitrogen and oxygen atoms in total. The molecule has 2 atom stereocenters. The van der Waals surface area contributed by atoms with Crippen molar-refractivity contribution in [1.29, 1.82) is 0 Å². The van der Waals surface area contributed by atoms with Crippen LogP contribution < -0.4 is 11.1 Å².